The number of fused-ring (bicyclic) bond motifs is 2. The van der Waals surface area contributed by atoms with Crippen LogP contribution in [0.25, 0.3) is 22.3 Å². The van der Waals surface area contributed by atoms with Crippen molar-refractivity contribution in [1.82, 2.24) is 31.1 Å². The highest BCUT2D eigenvalue weighted by atomic mass is 16.5. The third-order valence-corrected chi connectivity index (χ3v) is 16.2. The average molecular weight is 1210 g/mol. The molecule has 24 nitrogen and oxygen atoms in total. The average Bonchev–Trinajstić information content (AvgIpc) is 2.34. The number of hydrogen-bond donors (Lipinski definition) is 13. The normalized spacial score (nSPS) is 26.8. The van der Waals surface area contributed by atoms with Gasteiger partial charge in [0, 0.05) is 43.8 Å². The number of ether oxygens (including phenoxy) is 2. The number of phenolic OH excluding ortho intramolecular Hbond substituents is 1. The van der Waals surface area contributed by atoms with Gasteiger partial charge in [0.25, 0.3) is 5.91 Å². The molecule has 0 radical (unpaired) electrons. The fourth-order valence-electron chi connectivity index (χ4n) is 11.0. The van der Waals surface area contributed by atoms with Crippen LogP contribution in [0.3, 0.4) is 0 Å². The lowest BCUT2D eigenvalue weighted by atomic mass is 9.86. The maximum absolute atomic E-state index is 14.8. The molecule has 3 aliphatic rings. The van der Waals surface area contributed by atoms with E-state index in [1.54, 1.807) is 26.2 Å². The molecule has 3 fully saturated rings. The number of likely N-dealkylation sites (N-methyl/N-ethyl adjacent to an activating group) is 1. The van der Waals surface area contributed by atoms with Crippen LogP contribution in [0.1, 0.15) is 88.2 Å². The van der Waals surface area contributed by atoms with Gasteiger partial charge in [-0.15, -0.1) is 0 Å². The Balaban J connectivity index is 1.22. The van der Waals surface area contributed by atoms with Crippen molar-refractivity contribution < 1.29 is 88.8 Å². The molecule has 4 aromatic rings. The number of nitrogens with one attached hydrogen (secondary N) is 5. The van der Waals surface area contributed by atoms with Gasteiger partial charge in [-0.25, -0.2) is 0 Å². The smallest absolute Gasteiger partial charge is 0.251 e. The molecular formula is C63H84N7O17+. The third kappa shape index (κ3) is 17.0. The second-order valence-electron chi connectivity index (χ2n) is 23.4. The molecule has 0 spiro atoms. The standard InChI is InChI=1S/C63H83N7O17/c1-7-8-9-27-86-45-24-20-40(21-25-45)38-12-10-37(11-13-38)39-14-16-42(17-15-39)57(80)64-47-31-50(76)61(87-28-26-68(5)6)67-60(83)53-54(77)34(2)32-70(53)63(85)52(36(4)72)65-58(81)46(56(79)55(78)41-18-22-43(73)23-19-41)30-49(75)48-29-44(74)33-69(48)62(84)51(35(3)71)66-59(47)82/h10-25,34-36,44,46-48,50-56,61,71-74,76-79H,7-9,26-33H2,1-6H3,(H,64,80)(H,65,81)(H,66,82)(H,67,83)/p+1/t34-,35+,36+,44+,46?,47-,48?,50+,51?,52?,53?,54-,55-,56-,61?/m0/s1. The number of aromatic hydroxyl groups is 1. The van der Waals surface area contributed by atoms with Crippen molar-refractivity contribution in [2.75, 3.05) is 46.9 Å². The van der Waals surface area contributed by atoms with E-state index in [1.165, 1.54) is 43.3 Å². The Bertz CT molecular complexity index is 2980. The summed E-state index contributed by atoms with van der Waals surface area (Å²) >= 11 is 0. The number of aliphatic hydroxyl groups excluding tert-OH is 7. The molecule has 7 rings (SSSR count). The number of phenols is 1. The lowest BCUT2D eigenvalue weighted by Crippen LogP contribution is -3.06. The lowest BCUT2D eigenvalue weighted by molar-refractivity contribution is -0.858. The Labute approximate surface area is 505 Å². The summed E-state index contributed by atoms with van der Waals surface area (Å²) in [6.45, 7) is 5.94. The first-order chi connectivity index (χ1) is 41.4. The first-order valence-corrected chi connectivity index (χ1v) is 29.6. The molecule has 0 aromatic heterocycles. The van der Waals surface area contributed by atoms with Crippen LogP contribution in [-0.2, 0) is 33.5 Å². The zero-order valence-corrected chi connectivity index (χ0v) is 49.8. The van der Waals surface area contributed by atoms with Crippen molar-refractivity contribution in [3.63, 3.8) is 0 Å². The van der Waals surface area contributed by atoms with Gasteiger partial charge in [-0.2, -0.15) is 0 Å². The highest BCUT2D eigenvalue weighted by Crippen LogP contribution is 2.32. The predicted octanol–water partition coefficient (Wildman–Crippen LogP) is -0.668. The maximum Gasteiger partial charge on any atom is 0.251 e. The van der Waals surface area contributed by atoms with Crippen molar-refractivity contribution in [1.29, 1.82) is 0 Å². The van der Waals surface area contributed by atoms with Crippen LogP contribution in [0.2, 0.25) is 0 Å². The topological polar surface area (TPSA) is 359 Å². The zero-order chi connectivity index (χ0) is 63.4. The van der Waals surface area contributed by atoms with Gasteiger partial charge >= 0.3 is 0 Å². The van der Waals surface area contributed by atoms with Crippen LogP contribution < -0.4 is 30.9 Å². The molecular weight excluding hydrogens is 1130 g/mol. The van der Waals surface area contributed by atoms with Crippen molar-refractivity contribution in [3.8, 4) is 33.8 Å². The number of ketones is 1. The van der Waals surface area contributed by atoms with E-state index in [0.717, 1.165) is 75.8 Å². The number of quaternary nitrogens is 1. The van der Waals surface area contributed by atoms with E-state index in [0.29, 0.717) is 13.2 Å². The van der Waals surface area contributed by atoms with Crippen LogP contribution >= 0.6 is 0 Å². The number of carbonyl (C=O) groups is 7. The molecule has 3 heterocycles. The molecule has 0 aliphatic carbocycles. The minimum absolute atomic E-state index is 0.0224. The van der Waals surface area contributed by atoms with Gasteiger partial charge in [0.15, 0.2) is 12.0 Å². The Morgan fingerprint density at radius 3 is 1.80 bits per heavy atom. The minimum Gasteiger partial charge on any atom is -0.508 e. The number of nitrogens with zero attached hydrogens (tertiary/aromatic N) is 2. The van der Waals surface area contributed by atoms with Gasteiger partial charge in [0.05, 0.1) is 69.8 Å². The van der Waals surface area contributed by atoms with Crippen LogP contribution in [0.4, 0.5) is 0 Å². The first kappa shape index (κ1) is 67.1. The van der Waals surface area contributed by atoms with E-state index >= 15 is 0 Å². The van der Waals surface area contributed by atoms with E-state index in [1.807, 2.05) is 48.5 Å². The minimum atomic E-state index is -2.17. The number of amides is 6. The molecule has 0 saturated carbocycles. The Morgan fingerprint density at radius 2 is 1.24 bits per heavy atom. The molecule has 472 valence electrons. The quantitative estimate of drug-likeness (QED) is 0.0550. The van der Waals surface area contributed by atoms with Gasteiger partial charge in [-0.05, 0) is 84.5 Å². The van der Waals surface area contributed by atoms with Crippen molar-refractivity contribution in [3.05, 3.63) is 108 Å². The summed E-state index contributed by atoms with van der Waals surface area (Å²) in [7, 11) is 3.61. The summed E-state index contributed by atoms with van der Waals surface area (Å²) in [5, 5.41) is 100. The number of hydrogen-bond acceptors (Lipinski definition) is 17. The summed E-state index contributed by atoms with van der Waals surface area (Å²) in [6.07, 6.45) is -13.2. The molecule has 13 N–H and O–H groups in total. The van der Waals surface area contributed by atoms with Gasteiger partial charge in [-0.3, -0.25) is 33.6 Å². The van der Waals surface area contributed by atoms with E-state index in [-0.39, 0.29) is 30.0 Å². The SMILES string of the molecule is CCCCCOc1ccc(-c2ccc(-c3ccc(C(=O)N[C@H]4C[C@@H](O)C(OCC[NH+](C)C)NC(=O)C5[C@@H](O)[C@@H](C)CN5C(=O)C([C@@H](C)O)NC(=O)C([C@H](O)[C@@H](O)c5ccc(O)cc5)CC(=O)C5C[C@@H](O)CN5C(=O)C([C@@H](C)O)NC4=O)cc3)cc2)cc1. The lowest BCUT2D eigenvalue weighted by Gasteiger charge is -2.34. The number of aliphatic hydroxyl groups is 7. The molecule has 3 aliphatic heterocycles. The number of rotatable bonds is 18. The van der Waals surface area contributed by atoms with Crippen LogP contribution in [0.5, 0.6) is 11.5 Å². The summed E-state index contributed by atoms with van der Waals surface area (Å²) in [6, 6.07) is 17.9. The highest BCUT2D eigenvalue weighted by molar-refractivity contribution is 6.00. The van der Waals surface area contributed by atoms with Gasteiger partial charge in [0.1, 0.15) is 54.4 Å². The molecule has 4 aromatic carbocycles. The van der Waals surface area contributed by atoms with E-state index in [2.05, 4.69) is 28.2 Å². The summed E-state index contributed by atoms with van der Waals surface area (Å²) in [4.78, 5) is 105. The number of unbranched alkanes of at least 4 members (excludes halogenated alkanes) is 2. The van der Waals surface area contributed by atoms with Gasteiger partial charge < -0.3 is 86.3 Å². The Kier molecular flexibility index (Phi) is 23.5. The monoisotopic (exact) mass is 1210 g/mol. The molecule has 6 unspecified atom stereocenters. The Hall–Kier alpha value is -7.39. The van der Waals surface area contributed by atoms with E-state index in [4.69, 9.17) is 9.47 Å². The predicted molar refractivity (Wildman–Crippen MR) is 316 cm³/mol. The number of benzene rings is 4. The summed E-state index contributed by atoms with van der Waals surface area (Å²) < 4.78 is 11.9. The molecule has 15 atom stereocenters. The molecule has 0 bridgehead atoms. The van der Waals surface area contributed by atoms with Crippen LogP contribution in [-0.4, -0.2) is 212 Å². The van der Waals surface area contributed by atoms with Crippen molar-refractivity contribution in [2.24, 2.45) is 11.8 Å². The first-order valence-electron chi connectivity index (χ1n) is 29.6. The number of Topliss-reactive ketones (excluding diaryl/α,β-unsaturated/α-hetero) is 1. The molecule has 6 amide bonds. The fourth-order valence-corrected chi connectivity index (χ4v) is 11.0. The van der Waals surface area contributed by atoms with Gasteiger partial charge in [0.2, 0.25) is 29.5 Å². The summed E-state index contributed by atoms with van der Waals surface area (Å²) in [5.74, 6) is -9.72. The van der Waals surface area contributed by atoms with Gasteiger partial charge in [-0.1, -0.05) is 87.4 Å². The van der Waals surface area contributed by atoms with E-state index in [9.17, 15) is 74.4 Å². The van der Waals surface area contributed by atoms with Crippen LogP contribution in [0.15, 0.2) is 97.1 Å². The third-order valence-electron chi connectivity index (χ3n) is 16.2. The second kappa shape index (κ2) is 30.5. The number of carbonyl (C=O) groups excluding carboxylic acids is 7. The highest BCUT2D eigenvalue weighted by Gasteiger charge is 2.50. The maximum atomic E-state index is 14.8. The molecule has 24 heteroatoms. The van der Waals surface area contributed by atoms with E-state index < -0.39 is 158 Å². The van der Waals surface area contributed by atoms with Crippen molar-refractivity contribution in [2.45, 2.75) is 145 Å². The van der Waals surface area contributed by atoms with Crippen molar-refractivity contribution >= 4 is 41.2 Å². The second-order valence-corrected chi connectivity index (χ2v) is 23.4. The summed E-state index contributed by atoms with van der Waals surface area (Å²) in [5.41, 5.74) is 3.54. The van der Waals surface area contributed by atoms with Crippen LogP contribution in [0, 0.1) is 11.8 Å². The Morgan fingerprint density at radius 1 is 0.690 bits per heavy atom. The fraction of sp³-hybridized carbons (Fsp3) is 0.508. The largest absolute Gasteiger partial charge is 0.508 e. The zero-order valence-electron chi connectivity index (χ0n) is 49.8. The molecule has 87 heavy (non-hydrogen) atoms. The molecule has 3 saturated heterocycles.